The average Bonchev–Trinajstić information content (AvgIpc) is 2.74. The van der Waals surface area contributed by atoms with Gasteiger partial charge in [-0.2, -0.15) is 5.10 Å². The van der Waals surface area contributed by atoms with Crippen LogP contribution in [0, 0.1) is 0 Å². The summed E-state index contributed by atoms with van der Waals surface area (Å²) < 4.78 is 7.41. The minimum Gasteiger partial charge on any atom is -0.486 e. The summed E-state index contributed by atoms with van der Waals surface area (Å²) in [5, 5.41) is 4.86. The van der Waals surface area contributed by atoms with Crippen molar-refractivity contribution in [1.82, 2.24) is 9.78 Å². The molecule has 84 valence electrons. The van der Waals surface area contributed by atoms with Gasteiger partial charge in [-0.3, -0.25) is 4.68 Å². The van der Waals surface area contributed by atoms with E-state index >= 15 is 0 Å². The first-order valence-electron chi connectivity index (χ1n) is 5.17. The van der Waals surface area contributed by atoms with Crippen LogP contribution in [0.4, 0.5) is 0 Å². The second kappa shape index (κ2) is 5.03. The maximum atomic E-state index is 5.88. The summed E-state index contributed by atoms with van der Waals surface area (Å²) in [6.07, 6.45) is 3.60. The molecule has 1 aromatic heterocycles. The summed E-state index contributed by atoms with van der Waals surface area (Å²) in [7, 11) is 0. The van der Waals surface area contributed by atoms with Crippen LogP contribution in [0.5, 0.6) is 5.75 Å². The molecule has 0 saturated heterocycles. The lowest BCUT2D eigenvalue weighted by atomic mass is 10.2. The normalized spacial score (nSPS) is 10.4. The van der Waals surface area contributed by atoms with Crippen molar-refractivity contribution in [3.63, 3.8) is 0 Å². The fourth-order valence-corrected chi connectivity index (χ4v) is 1.60. The van der Waals surface area contributed by atoms with Crippen LogP contribution < -0.4 is 4.74 Å². The summed E-state index contributed by atoms with van der Waals surface area (Å²) in [6.45, 7) is 3.39. The van der Waals surface area contributed by atoms with Gasteiger partial charge in [0.1, 0.15) is 6.61 Å². The van der Waals surface area contributed by atoms with E-state index in [0.717, 1.165) is 22.9 Å². The third kappa shape index (κ3) is 2.76. The minimum atomic E-state index is 0.510. The van der Waals surface area contributed by atoms with E-state index in [0.29, 0.717) is 6.61 Å². The fourth-order valence-electron chi connectivity index (χ4n) is 1.39. The zero-order valence-electron chi connectivity index (χ0n) is 9.06. The lowest BCUT2D eigenvalue weighted by molar-refractivity contribution is 0.306. The molecule has 2 rings (SSSR count). The van der Waals surface area contributed by atoms with Gasteiger partial charge in [0.25, 0.3) is 0 Å². The molecule has 0 bridgehead atoms. The Kier molecular flexibility index (Phi) is 3.47. The smallest absolute Gasteiger partial charge is 0.157 e. The molecule has 0 spiro atoms. The predicted octanol–water partition coefficient (Wildman–Crippen LogP) is 3.14. The number of benzene rings is 1. The van der Waals surface area contributed by atoms with Crippen molar-refractivity contribution < 1.29 is 4.74 Å². The zero-order valence-corrected chi connectivity index (χ0v) is 9.81. The highest BCUT2D eigenvalue weighted by Crippen LogP contribution is 2.14. The predicted molar refractivity (Wildman–Crippen MR) is 63.7 cm³/mol. The van der Waals surface area contributed by atoms with Crippen LogP contribution in [0.15, 0.2) is 36.7 Å². The van der Waals surface area contributed by atoms with Gasteiger partial charge >= 0.3 is 0 Å². The van der Waals surface area contributed by atoms with E-state index in [-0.39, 0.29) is 0 Å². The van der Waals surface area contributed by atoms with E-state index in [2.05, 4.69) is 5.10 Å². The first-order valence-corrected chi connectivity index (χ1v) is 5.55. The molecule has 1 heterocycles. The SMILES string of the molecule is CCn1cc(OCc2cccc(Cl)c2)cn1. The van der Waals surface area contributed by atoms with Crippen LogP contribution in [0.3, 0.4) is 0 Å². The lowest BCUT2D eigenvalue weighted by Crippen LogP contribution is -1.95. The third-order valence-electron chi connectivity index (χ3n) is 2.23. The van der Waals surface area contributed by atoms with Crippen molar-refractivity contribution in [2.24, 2.45) is 0 Å². The van der Waals surface area contributed by atoms with Crippen LogP contribution in [-0.2, 0) is 13.2 Å². The number of hydrogen-bond acceptors (Lipinski definition) is 2. The van der Waals surface area contributed by atoms with Gasteiger partial charge in [0.05, 0.1) is 12.4 Å². The van der Waals surface area contributed by atoms with Crippen LogP contribution in [0.2, 0.25) is 5.02 Å². The Bertz CT molecular complexity index is 468. The van der Waals surface area contributed by atoms with Gasteiger partial charge in [-0.05, 0) is 24.6 Å². The molecule has 0 fully saturated rings. The van der Waals surface area contributed by atoms with Gasteiger partial charge in [0, 0.05) is 11.6 Å². The number of aryl methyl sites for hydroxylation is 1. The quantitative estimate of drug-likeness (QED) is 0.816. The van der Waals surface area contributed by atoms with Crippen LogP contribution in [0.1, 0.15) is 12.5 Å². The summed E-state index contributed by atoms with van der Waals surface area (Å²) in [4.78, 5) is 0. The maximum Gasteiger partial charge on any atom is 0.157 e. The standard InChI is InChI=1S/C12H13ClN2O/c1-2-15-8-12(7-14-15)16-9-10-4-3-5-11(13)6-10/h3-8H,2,9H2,1H3. The number of halogens is 1. The Morgan fingerprint density at radius 2 is 2.31 bits per heavy atom. The van der Waals surface area contributed by atoms with Crippen molar-refractivity contribution in [1.29, 1.82) is 0 Å². The summed E-state index contributed by atoms with van der Waals surface area (Å²) >= 11 is 5.88. The first kappa shape index (κ1) is 11.0. The highest BCUT2D eigenvalue weighted by molar-refractivity contribution is 6.30. The van der Waals surface area contributed by atoms with E-state index < -0.39 is 0 Å². The molecule has 1 aromatic carbocycles. The van der Waals surface area contributed by atoms with E-state index in [1.54, 1.807) is 6.20 Å². The molecule has 4 heteroatoms. The highest BCUT2D eigenvalue weighted by Gasteiger charge is 1.99. The summed E-state index contributed by atoms with van der Waals surface area (Å²) in [5.41, 5.74) is 1.05. The Morgan fingerprint density at radius 1 is 1.44 bits per heavy atom. The molecule has 16 heavy (non-hydrogen) atoms. The van der Waals surface area contributed by atoms with E-state index in [4.69, 9.17) is 16.3 Å². The Morgan fingerprint density at radius 3 is 3.00 bits per heavy atom. The van der Waals surface area contributed by atoms with Crippen molar-refractivity contribution in [3.05, 3.63) is 47.2 Å². The van der Waals surface area contributed by atoms with Gasteiger partial charge in [0.15, 0.2) is 5.75 Å². The van der Waals surface area contributed by atoms with Gasteiger partial charge in [-0.25, -0.2) is 0 Å². The van der Waals surface area contributed by atoms with Crippen molar-refractivity contribution >= 4 is 11.6 Å². The average molecular weight is 237 g/mol. The van der Waals surface area contributed by atoms with Gasteiger partial charge in [-0.15, -0.1) is 0 Å². The number of aromatic nitrogens is 2. The minimum absolute atomic E-state index is 0.510. The molecule has 0 atom stereocenters. The molecular formula is C12H13ClN2O. The van der Waals surface area contributed by atoms with Crippen molar-refractivity contribution in [2.45, 2.75) is 20.1 Å². The van der Waals surface area contributed by atoms with Gasteiger partial charge < -0.3 is 4.74 Å². The maximum absolute atomic E-state index is 5.88. The number of rotatable bonds is 4. The molecule has 0 saturated carbocycles. The molecule has 2 aromatic rings. The monoisotopic (exact) mass is 236 g/mol. The van der Waals surface area contributed by atoms with Gasteiger partial charge in [0.2, 0.25) is 0 Å². The highest BCUT2D eigenvalue weighted by atomic mass is 35.5. The zero-order chi connectivity index (χ0) is 11.4. The number of ether oxygens (including phenoxy) is 1. The molecule has 0 radical (unpaired) electrons. The molecule has 0 amide bonds. The van der Waals surface area contributed by atoms with Crippen molar-refractivity contribution in [2.75, 3.05) is 0 Å². The lowest BCUT2D eigenvalue weighted by Gasteiger charge is -2.03. The second-order valence-electron chi connectivity index (χ2n) is 3.45. The molecule has 0 aliphatic rings. The van der Waals surface area contributed by atoms with Crippen LogP contribution in [0.25, 0.3) is 0 Å². The Hall–Kier alpha value is -1.48. The fraction of sp³-hybridized carbons (Fsp3) is 0.250. The molecule has 0 aliphatic carbocycles. The molecular weight excluding hydrogens is 224 g/mol. The first-order chi connectivity index (χ1) is 7.78. The van der Waals surface area contributed by atoms with E-state index in [9.17, 15) is 0 Å². The third-order valence-corrected chi connectivity index (χ3v) is 2.46. The second-order valence-corrected chi connectivity index (χ2v) is 3.89. The largest absolute Gasteiger partial charge is 0.486 e. The molecule has 0 N–H and O–H groups in total. The molecule has 3 nitrogen and oxygen atoms in total. The van der Waals surface area contributed by atoms with Crippen LogP contribution in [-0.4, -0.2) is 9.78 Å². The number of nitrogens with zero attached hydrogens (tertiary/aromatic N) is 2. The molecule has 0 aliphatic heterocycles. The van der Waals surface area contributed by atoms with E-state index in [1.165, 1.54) is 0 Å². The topological polar surface area (TPSA) is 27.1 Å². The Labute approximate surface area is 99.6 Å². The van der Waals surface area contributed by atoms with Crippen molar-refractivity contribution in [3.8, 4) is 5.75 Å². The van der Waals surface area contributed by atoms with Crippen LogP contribution >= 0.6 is 11.6 Å². The molecule has 0 unspecified atom stereocenters. The Balaban J connectivity index is 1.96. The van der Waals surface area contributed by atoms with Gasteiger partial charge in [-0.1, -0.05) is 23.7 Å². The summed E-state index contributed by atoms with van der Waals surface area (Å²) in [5.74, 6) is 0.779. The van der Waals surface area contributed by atoms with E-state index in [1.807, 2.05) is 42.1 Å². The number of hydrogen-bond donors (Lipinski definition) is 0. The summed E-state index contributed by atoms with van der Waals surface area (Å²) in [6, 6.07) is 7.64.